The van der Waals surface area contributed by atoms with Crippen molar-refractivity contribution >= 4 is 54.3 Å². The number of halogens is 1. The number of thiazole rings is 1. The number of ketones is 1. The number of nitrogens with zero attached hydrogens (tertiary/aromatic N) is 3. The summed E-state index contributed by atoms with van der Waals surface area (Å²) in [6, 6.07) is 21.9. The van der Waals surface area contributed by atoms with Crippen LogP contribution < -0.4 is 4.90 Å². The third kappa shape index (κ3) is 4.96. The lowest BCUT2D eigenvalue weighted by atomic mass is 10.0. The number of hydrogen-bond acceptors (Lipinski definition) is 5. The second kappa shape index (κ2) is 9.73. The maximum absolute atomic E-state index is 13.4. The molecule has 0 spiro atoms. The fourth-order valence-corrected chi connectivity index (χ4v) is 4.80. The molecule has 1 heterocycles. The molecule has 0 saturated carbocycles. The molecule has 7 heteroatoms. The predicted molar refractivity (Wildman–Crippen MR) is 134 cm³/mol. The summed E-state index contributed by atoms with van der Waals surface area (Å²) in [5.41, 5.74) is 2.56. The zero-order valence-corrected chi connectivity index (χ0v) is 20.2. The molecule has 0 saturated heterocycles. The first-order valence-corrected chi connectivity index (χ1v) is 11.8. The molecular formula is C25H22BrN3O2S. The quantitative estimate of drug-likeness (QED) is 0.310. The van der Waals surface area contributed by atoms with Crippen LogP contribution in [0.25, 0.3) is 10.2 Å². The fraction of sp³-hybridized carbons (Fsp3) is 0.160. The highest BCUT2D eigenvalue weighted by atomic mass is 79.9. The fourth-order valence-electron chi connectivity index (χ4n) is 3.26. The molecule has 0 atom stereocenters. The highest BCUT2D eigenvalue weighted by Crippen LogP contribution is 2.31. The van der Waals surface area contributed by atoms with E-state index in [2.05, 4.69) is 15.9 Å². The number of aromatic nitrogens is 1. The van der Waals surface area contributed by atoms with E-state index in [4.69, 9.17) is 4.98 Å². The molecule has 0 fully saturated rings. The lowest BCUT2D eigenvalue weighted by Gasteiger charge is -2.22. The Morgan fingerprint density at radius 2 is 1.53 bits per heavy atom. The molecule has 0 aliphatic heterocycles. The highest BCUT2D eigenvalue weighted by molar-refractivity contribution is 9.10. The van der Waals surface area contributed by atoms with Gasteiger partial charge in [-0.3, -0.25) is 14.5 Å². The molecule has 1 amide bonds. The van der Waals surface area contributed by atoms with Crippen molar-refractivity contribution in [1.82, 2.24) is 9.88 Å². The number of rotatable bonds is 7. The van der Waals surface area contributed by atoms with Crippen LogP contribution in [0, 0.1) is 0 Å². The van der Waals surface area contributed by atoms with Crippen LogP contribution in [0.1, 0.15) is 26.3 Å². The summed E-state index contributed by atoms with van der Waals surface area (Å²) in [4.78, 5) is 34.5. The summed E-state index contributed by atoms with van der Waals surface area (Å²) in [6.45, 7) is 1.22. The maximum atomic E-state index is 13.4. The SMILES string of the molecule is CN(C)CCN(C(=O)c1ccc(C(=O)c2ccccc2)cc1)c1nc2ccc(Br)cc2s1. The number of likely N-dealkylation sites (N-methyl/N-ethyl adjacent to an activating group) is 1. The molecule has 1 aromatic heterocycles. The van der Waals surface area contributed by atoms with Crippen molar-refractivity contribution in [3.8, 4) is 0 Å². The number of hydrogen-bond donors (Lipinski definition) is 0. The summed E-state index contributed by atoms with van der Waals surface area (Å²) < 4.78 is 1.99. The Morgan fingerprint density at radius 1 is 0.875 bits per heavy atom. The van der Waals surface area contributed by atoms with Crippen LogP contribution >= 0.6 is 27.3 Å². The summed E-state index contributed by atoms with van der Waals surface area (Å²) >= 11 is 4.98. The van der Waals surface area contributed by atoms with Crippen LogP contribution in [-0.4, -0.2) is 48.8 Å². The van der Waals surface area contributed by atoms with E-state index >= 15 is 0 Å². The molecule has 0 aliphatic carbocycles. The maximum Gasteiger partial charge on any atom is 0.260 e. The van der Waals surface area contributed by atoms with Gasteiger partial charge in [-0.1, -0.05) is 69.7 Å². The smallest absolute Gasteiger partial charge is 0.260 e. The first kappa shape index (κ1) is 22.3. The molecular weight excluding hydrogens is 486 g/mol. The Kier molecular flexibility index (Phi) is 6.79. The van der Waals surface area contributed by atoms with Gasteiger partial charge in [-0.2, -0.15) is 0 Å². The third-order valence-corrected chi connectivity index (χ3v) is 6.55. The standard InChI is InChI=1S/C25H22BrN3O2S/c1-28(2)14-15-29(25-27-21-13-12-20(26)16-22(21)32-25)24(31)19-10-8-18(9-11-19)23(30)17-6-4-3-5-7-17/h3-13,16H,14-15H2,1-2H3. The Bertz CT molecular complexity index is 1250. The van der Waals surface area contributed by atoms with Crippen LogP contribution in [0.5, 0.6) is 0 Å². The van der Waals surface area contributed by atoms with Crippen molar-refractivity contribution in [2.75, 3.05) is 32.1 Å². The van der Waals surface area contributed by atoms with Crippen molar-refractivity contribution in [2.24, 2.45) is 0 Å². The summed E-state index contributed by atoms with van der Waals surface area (Å²) in [5, 5.41) is 0.661. The van der Waals surface area contributed by atoms with E-state index in [1.807, 2.05) is 55.4 Å². The van der Waals surface area contributed by atoms with Crippen molar-refractivity contribution < 1.29 is 9.59 Å². The normalized spacial score (nSPS) is 11.1. The number of anilines is 1. The van der Waals surface area contributed by atoms with Gasteiger partial charge in [0, 0.05) is 34.3 Å². The Morgan fingerprint density at radius 3 is 2.22 bits per heavy atom. The minimum Gasteiger partial charge on any atom is -0.308 e. The van der Waals surface area contributed by atoms with E-state index in [0.717, 1.165) is 14.7 Å². The second-order valence-corrected chi connectivity index (χ2v) is 9.57. The van der Waals surface area contributed by atoms with Crippen LogP contribution in [0.15, 0.2) is 77.3 Å². The van der Waals surface area contributed by atoms with Gasteiger partial charge in [-0.25, -0.2) is 4.98 Å². The van der Waals surface area contributed by atoms with Crippen LogP contribution in [-0.2, 0) is 0 Å². The van der Waals surface area contributed by atoms with E-state index < -0.39 is 0 Å². The topological polar surface area (TPSA) is 53.5 Å². The lowest BCUT2D eigenvalue weighted by molar-refractivity contribution is 0.0982. The van der Waals surface area contributed by atoms with Crippen LogP contribution in [0.3, 0.4) is 0 Å². The van der Waals surface area contributed by atoms with Gasteiger partial charge in [-0.05, 0) is 44.4 Å². The Labute approximate surface area is 199 Å². The Hall–Kier alpha value is -2.87. The van der Waals surface area contributed by atoms with Gasteiger partial charge in [-0.15, -0.1) is 0 Å². The zero-order chi connectivity index (χ0) is 22.7. The number of amides is 1. The van der Waals surface area contributed by atoms with Gasteiger partial charge >= 0.3 is 0 Å². The molecule has 32 heavy (non-hydrogen) atoms. The number of carbonyl (C=O) groups excluding carboxylic acids is 2. The van der Waals surface area contributed by atoms with Crippen LogP contribution in [0.2, 0.25) is 0 Å². The largest absolute Gasteiger partial charge is 0.308 e. The zero-order valence-electron chi connectivity index (χ0n) is 17.8. The molecule has 0 radical (unpaired) electrons. The third-order valence-electron chi connectivity index (χ3n) is 5.02. The van der Waals surface area contributed by atoms with E-state index in [-0.39, 0.29) is 11.7 Å². The summed E-state index contributed by atoms with van der Waals surface area (Å²) in [7, 11) is 3.95. The van der Waals surface area contributed by atoms with E-state index in [9.17, 15) is 9.59 Å². The average molecular weight is 508 g/mol. The molecule has 3 aromatic carbocycles. The van der Waals surface area contributed by atoms with Crippen molar-refractivity contribution in [3.63, 3.8) is 0 Å². The van der Waals surface area contributed by atoms with Crippen LogP contribution in [0.4, 0.5) is 5.13 Å². The number of fused-ring (bicyclic) bond motifs is 1. The molecule has 5 nitrogen and oxygen atoms in total. The van der Waals surface area contributed by atoms with Gasteiger partial charge in [0.15, 0.2) is 10.9 Å². The molecule has 0 N–H and O–H groups in total. The molecule has 4 rings (SSSR count). The van der Waals surface area contributed by atoms with E-state index in [0.29, 0.717) is 34.9 Å². The predicted octanol–water partition coefficient (Wildman–Crippen LogP) is 5.50. The van der Waals surface area contributed by atoms with E-state index in [1.54, 1.807) is 41.3 Å². The Balaban J connectivity index is 1.62. The first-order valence-electron chi connectivity index (χ1n) is 10.1. The van der Waals surface area contributed by atoms with Gasteiger partial charge in [0.1, 0.15) is 0 Å². The van der Waals surface area contributed by atoms with Gasteiger partial charge in [0.25, 0.3) is 5.91 Å². The van der Waals surface area contributed by atoms with E-state index in [1.165, 1.54) is 11.3 Å². The van der Waals surface area contributed by atoms with Crippen molar-refractivity contribution in [2.45, 2.75) is 0 Å². The molecule has 4 aromatic rings. The monoisotopic (exact) mass is 507 g/mol. The van der Waals surface area contributed by atoms with Gasteiger partial charge in [0.05, 0.1) is 10.2 Å². The van der Waals surface area contributed by atoms with Gasteiger partial charge < -0.3 is 4.90 Å². The molecule has 0 aliphatic rings. The van der Waals surface area contributed by atoms with Crippen molar-refractivity contribution in [1.29, 1.82) is 0 Å². The lowest BCUT2D eigenvalue weighted by Crippen LogP contribution is -2.36. The molecule has 0 unspecified atom stereocenters. The first-order chi connectivity index (χ1) is 15.4. The molecule has 0 bridgehead atoms. The minimum atomic E-state index is -0.135. The summed E-state index contributed by atoms with van der Waals surface area (Å²) in [6.07, 6.45) is 0. The minimum absolute atomic E-state index is 0.0641. The average Bonchev–Trinajstić information content (AvgIpc) is 3.22. The number of benzene rings is 3. The number of carbonyl (C=O) groups is 2. The molecule has 162 valence electrons. The van der Waals surface area contributed by atoms with Crippen molar-refractivity contribution in [3.05, 3.63) is 94.0 Å². The summed E-state index contributed by atoms with van der Waals surface area (Å²) in [5.74, 6) is -0.200. The second-order valence-electron chi connectivity index (χ2n) is 7.64. The van der Waals surface area contributed by atoms with Gasteiger partial charge in [0.2, 0.25) is 0 Å². The highest BCUT2D eigenvalue weighted by Gasteiger charge is 2.22.